The van der Waals surface area contributed by atoms with Crippen LogP contribution in [0.4, 0.5) is 14.4 Å². The molecule has 0 spiro atoms. The number of hydrogen-bond donors (Lipinski definition) is 0. The SMILES string of the molecule is CCC(=O)OCC[C@@H](C)COC(=O)Oc1cc(/C=C/c2ccc(OC(=O)O[C@H](C)CCOC(=O)CC)cc2)cc(OC(=O)O[C@H](C)CCOC(=O)CC)c1. The molecule has 0 unspecified atom stereocenters. The summed E-state index contributed by atoms with van der Waals surface area (Å²) in [5, 5.41) is 0. The molecule has 2 rings (SSSR count). The van der Waals surface area contributed by atoms with Gasteiger partial charge in [-0.3, -0.25) is 14.4 Å². The maximum atomic E-state index is 12.6. The molecule has 0 aliphatic rings. The molecule has 0 N–H and O–H groups in total. The van der Waals surface area contributed by atoms with Gasteiger partial charge in [0.15, 0.2) is 0 Å². The standard InChI is InChI=1S/C39H50O15/c1-7-34(40)46-19-16-26(4)25-49-37(43)53-32-22-30(23-33(24-32)54-39(45)51-28(6)18-21-48-36(42)9-3)11-10-29-12-14-31(15-13-29)52-38(44)50-27(5)17-20-47-35(41)8-2/h10-15,22-24,26-28H,7-9,16-21,25H2,1-6H3/b11-10+/t26-,27-,28-/m1/s1. The normalized spacial score (nSPS) is 12.4. The highest BCUT2D eigenvalue weighted by molar-refractivity contribution is 5.74. The minimum absolute atomic E-state index is 0.000632. The number of carbonyl (C=O) groups excluding carboxylic acids is 6. The minimum Gasteiger partial charge on any atom is -0.466 e. The molecule has 296 valence electrons. The van der Waals surface area contributed by atoms with E-state index in [0.29, 0.717) is 24.0 Å². The van der Waals surface area contributed by atoms with Crippen molar-refractivity contribution in [3.63, 3.8) is 0 Å². The van der Waals surface area contributed by atoms with Crippen LogP contribution < -0.4 is 14.2 Å². The lowest BCUT2D eigenvalue weighted by Gasteiger charge is -2.14. The summed E-state index contributed by atoms with van der Waals surface area (Å²) in [6.45, 7) is 10.6. The van der Waals surface area contributed by atoms with E-state index < -0.39 is 30.7 Å². The first-order chi connectivity index (χ1) is 25.8. The number of rotatable bonds is 21. The largest absolute Gasteiger partial charge is 0.514 e. The van der Waals surface area contributed by atoms with Crippen molar-refractivity contribution in [2.75, 3.05) is 26.4 Å². The second-order valence-corrected chi connectivity index (χ2v) is 12.1. The Morgan fingerprint density at radius 2 is 0.944 bits per heavy atom. The van der Waals surface area contributed by atoms with E-state index in [1.807, 2.05) is 6.92 Å². The lowest BCUT2D eigenvalue weighted by atomic mass is 10.1. The highest BCUT2D eigenvalue weighted by atomic mass is 16.7. The van der Waals surface area contributed by atoms with E-state index in [1.54, 1.807) is 71.0 Å². The molecule has 15 nitrogen and oxygen atoms in total. The maximum absolute atomic E-state index is 12.6. The Labute approximate surface area is 315 Å². The molecule has 0 saturated heterocycles. The van der Waals surface area contributed by atoms with Gasteiger partial charge in [0.25, 0.3) is 0 Å². The number of benzene rings is 2. The van der Waals surface area contributed by atoms with Crippen LogP contribution in [0.5, 0.6) is 17.2 Å². The fourth-order valence-corrected chi connectivity index (χ4v) is 4.11. The monoisotopic (exact) mass is 758 g/mol. The Hall–Kier alpha value is -5.60. The van der Waals surface area contributed by atoms with Gasteiger partial charge in [0.2, 0.25) is 0 Å². The number of ether oxygens (including phenoxy) is 9. The van der Waals surface area contributed by atoms with Crippen LogP contribution in [0.15, 0.2) is 42.5 Å². The van der Waals surface area contributed by atoms with Crippen LogP contribution in [-0.2, 0) is 42.8 Å². The van der Waals surface area contributed by atoms with E-state index in [0.717, 1.165) is 0 Å². The summed E-state index contributed by atoms with van der Waals surface area (Å²) in [6.07, 6.45) is 1.10. The second-order valence-electron chi connectivity index (χ2n) is 12.1. The van der Waals surface area contributed by atoms with Gasteiger partial charge in [-0.2, -0.15) is 0 Å². The molecule has 2 aromatic rings. The number of esters is 3. The van der Waals surface area contributed by atoms with Gasteiger partial charge in [-0.1, -0.05) is 52.0 Å². The van der Waals surface area contributed by atoms with Gasteiger partial charge in [0.1, 0.15) is 29.5 Å². The Bertz CT molecular complexity index is 1550. The fraction of sp³-hybridized carbons (Fsp3) is 0.487. The van der Waals surface area contributed by atoms with Crippen molar-refractivity contribution in [1.29, 1.82) is 0 Å². The zero-order valence-electron chi connectivity index (χ0n) is 31.6. The average molecular weight is 759 g/mol. The molecule has 0 aliphatic carbocycles. The first-order valence-electron chi connectivity index (χ1n) is 17.8. The van der Waals surface area contributed by atoms with Crippen molar-refractivity contribution in [3.05, 3.63) is 53.6 Å². The second kappa shape index (κ2) is 24.6. The molecule has 15 heteroatoms. The van der Waals surface area contributed by atoms with Crippen LogP contribution in [-0.4, -0.2) is 75.0 Å². The van der Waals surface area contributed by atoms with E-state index >= 15 is 0 Å². The molecule has 0 fully saturated rings. The Balaban J connectivity index is 2.08. The molecule has 0 bridgehead atoms. The minimum atomic E-state index is -1.03. The zero-order valence-corrected chi connectivity index (χ0v) is 31.6. The highest BCUT2D eigenvalue weighted by Crippen LogP contribution is 2.26. The van der Waals surface area contributed by atoms with Crippen LogP contribution in [0.3, 0.4) is 0 Å². The summed E-state index contributed by atoms with van der Waals surface area (Å²) in [5.74, 6) is -0.894. The average Bonchev–Trinajstić information content (AvgIpc) is 3.13. The maximum Gasteiger partial charge on any atom is 0.514 e. The highest BCUT2D eigenvalue weighted by Gasteiger charge is 2.17. The van der Waals surface area contributed by atoms with Crippen molar-refractivity contribution in [2.24, 2.45) is 5.92 Å². The molecule has 0 amide bonds. The van der Waals surface area contributed by atoms with Crippen LogP contribution in [0.1, 0.15) is 91.2 Å². The predicted octanol–water partition coefficient (Wildman–Crippen LogP) is 7.85. The van der Waals surface area contributed by atoms with Crippen LogP contribution in [0.2, 0.25) is 0 Å². The molecule has 0 aliphatic heterocycles. The van der Waals surface area contributed by atoms with E-state index in [9.17, 15) is 28.8 Å². The third-order valence-electron chi connectivity index (χ3n) is 7.25. The molecule has 54 heavy (non-hydrogen) atoms. The van der Waals surface area contributed by atoms with Crippen molar-refractivity contribution in [3.8, 4) is 17.2 Å². The summed E-state index contributed by atoms with van der Waals surface area (Å²) in [5.41, 5.74) is 1.17. The van der Waals surface area contributed by atoms with E-state index in [2.05, 4.69) is 0 Å². The van der Waals surface area contributed by atoms with Crippen molar-refractivity contribution in [2.45, 2.75) is 92.3 Å². The molecule has 0 saturated carbocycles. The van der Waals surface area contributed by atoms with Gasteiger partial charge >= 0.3 is 36.4 Å². The fourth-order valence-electron chi connectivity index (χ4n) is 4.11. The number of hydrogen-bond acceptors (Lipinski definition) is 15. The van der Waals surface area contributed by atoms with Crippen LogP contribution in [0.25, 0.3) is 12.2 Å². The van der Waals surface area contributed by atoms with E-state index in [1.165, 1.54) is 18.2 Å². The van der Waals surface area contributed by atoms with Crippen LogP contribution >= 0.6 is 0 Å². The molecular weight excluding hydrogens is 708 g/mol. The quantitative estimate of drug-likeness (QED) is 0.0518. The van der Waals surface area contributed by atoms with Crippen molar-refractivity contribution < 1.29 is 71.4 Å². The lowest BCUT2D eigenvalue weighted by molar-refractivity contribution is -0.144. The molecule has 2 aromatic carbocycles. The molecular formula is C39H50O15. The van der Waals surface area contributed by atoms with Gasteiger partial charge < -0.3 is 42.6 Å². The summed E-state index contributed by atoms with van der Waals surface area (Å²) in [4.78, 5) is 71.3. The summed E-state index contributed by atoms with van der Waals surface area (Å²) >= 11 is 0. The smallest absolute Gasteiger partial charge is 0.466 e. The van der Waals surface area contributed by atoms with Crippen molar-refractivity contribution >= 4 is 48.5 Å². The van der Waals surface area contributed by atoms with E-state index in [-0.39, 0.29) is 93.2 Å². The predicted molar refractivity (Wildman–Crippen MR) is 194 cm³/mol. The van der Waals surface area contributed by atoms with Gasteiger partial charge in [0.05, 0.1) is 26.4 Å². The van der Waals surface area contributed by atoms with E-state index in [4.69, 9.17) is 42.6 Å². The lowest BCUT2D eigenvalue weighted by Crippen LogP contribution is -2.20. The Morgan fingerprint density at radius 1 is 0.519 bits per heavy atom. The first-order valence-corrected chi connectivity index (χ1v) is 17.8. The first kappa shape index (κ1) is 44.6. The van der Waals surface area contributed by atoms with Gasteiger partial charge in [-0.15, -0.1) is 0 Å². The number of carbonyl (C=O) groups is 6. The topological polar surface area (TPSA) is 185 Å². The summed E-state index contributed by atoms with van der Waals surface area (Å²) in [6, 6.07) is 10.8. The third-order valence-corrected chi connectivity index (χ3v) is 7.25. The summed E-state index contributed by atoms with van der Waals surface area (Å²) < 4.78 is 46.8. The third kappa shape index (κ3) is 19.3. The Morgan fingerprint density at radius 3 is 1.43 bits per heavy atom. The molecule has 0 radical (unpaired) electrons. The molecule has 0 heterocycles. The summed E-state index contributed by atoms with van der Waals surface area (Å²) in [7, 11) is 0. The zero-order chi connectivity index (χ0) is 39.9. The molecule has 3 atom stereocenters. The molecule has 0 aromatic heterocycles. The van der Waals surface area contributed by atoms with Gasteiger partial charge in [0, 0.05) is 38.2 Å². The van der Waals surface area contributed by atoms with Gasteiger partial charge in [-0.05, 0) is 61.6 Å². The van der Waals surface area contributed by atoms with Crippen LogP contribution in [0, 0.1) is 5.92 Å². The van der Waals surface area contributed by atoms with Crippen molar-refractivity contribution in [1.82, 2.24) is 0 Å². The Kier molecular flexibility index (Phi) is 20.3. The van der Waals surface area contributed by atoms with Gasteiger partial charge in [-0.25, -0.2) is 14.4 Å².